The van der Waals surface area contributed by atoms with Gasteiger partial charge in [0.25, 0.3) is 5.56 Å². The Morgan fingerprint density at radius 3 is 2.79 bits per heavy atom. The number of nitrogens with zero attached hydrogens (tertiary/aromatic N) is 3. The second kappa shape index (κ2) is 7.55. The van der Waals surface area contributed by atoms with Crippen LogP contribution >= 0.6 is 0 Å². The molecule has 0 radical (unpaired) electrons. The van der Waals surface area contributed by atoms with Crippen LogP contribution in [0.2, 0.25) is 0 Å². The average Bonchev–Trinajstić information content (AvgIpc) is 2.64. The van der Waals surface area contributed by atoms with E-state index in [-0.39, 0.29) is 23.4 Å². The summed E-state index contributed by atoms with van der Waals surface area (Å²) in [6.45, 7) is 2.36. The maximum atomic E-state index is 12.5. The van der Waals surface area contributed by atoms with Crippen LogP contribution in [0.25, 0.3) is 10.9 Å². The van der Waals surface area contributed by atoms with E-state index in [1.807, 2.05) is 19.1 Å². The minimum Gasteiger partial charge on any atom is -0.351 e. The Bertz CT molecular complexity index is 765. The van der Waals surface area contributed by atoms with Gasteiger partial charge in [0, 0.05) is 12.0 Å². The van der Waals surface area contributed by atoms with E-state index in [1.165, 1.54) is 11.1 Å². The van der Waals surface area contributed by atoms with E-state index >= 15 is 0 Å². The minimum atomic E-state index is -0.161. The molecule has 1 atom stereocenters. The maximum Gasteiger partial charge on any atom is 0.277 e. The minimum absolute atomic E-state index is 0.104. The van der Waals surface area contributed by atoms with Crippen molar-refractivity contribution in [1.29, 1.82) is 0 Å². The van der Waals surface area contributed by atoms with E-state index in [0.717, 1.165) is 32.1 Å². The smallest absolute Gasteiger partial charge is 0.277 e. The molecule has 0 bridgehead atoms. The summed E-state index contributed by atoms with van der Waals surface area (Å²) in [5.41, 5.74) is 0.434. The molecule has 2 aromatic rings. The third-order valence-corrected chi connectivity index (χ3v) is 4.84. The molecule has 24 heavy (non-hydrogen) atoms. The molecular weight excluding hydrogens is 304 g/mol. The standard InChI is InChI=1S/C18H24N4O2/c1-2-14(19-17(23)13-8-4-3-5-9-13)12-22-18(24)15-10-6-7-11-16(15)20-21-22/h6-7,10-11,13-14H,2-5,8-9,12H2,1H3,(H,19,23)/t14-/m0/s1. The lowest BCUT2D eigenvalue weighted by Gasteiger charge is -2.24. The molecular formula is C18H24N4O2. The Hall–Kier alpha value is -2.24. The van der Waals surface area contributed by atoms with Crippen LogP contribution in [-0.4, -0.2) is 26.9 Å². The highest BCUT2D eigenvalue weighted by Gasteiger charge is 2.23. The molecule has 1 aromatic carbocycles. The maximum absolute atomic E-state index is 12.5. The molecule has 1 heterocycles. The highest BCUT2D eigenvalue weighted by atomic mass is 16.2. The van der Waals surface area contributed by atoms with Crippen LogP contribution in [0.15, 0.2) is 29.1 Å². The Morgan fingerprint density at radius 1 is 1.29 bits per heavy atom. The number of rotatable bonds is 5. The lowest BCUT2D eigenvalue weighted by molar-refractivity contribution is -0.126. The molecule has 6 nitrogen and oxygen atoms in total. The molecule has 1 amide bonds. The summed E-state index contributed by atoms with van der Waals surface area (Å²) in [6, 6.07) is 7.08. The van der Waals surface area contributed by atoms with Gasteiger partial charge in [-0.25, -0.2) is 4.68 Å². The van der Waals surface area contributed by atoms with Crippen molar-refractivity contribution in [2.75, 3.05) is 0 Å². The molecule has 6 heteroatoms. The van der Waals surface area contributed by atoms with Crippen molar-refractivity contribution in [1.82, 2.24) is 20.3 Å². The number of benzene rings is 1. The number of nitrogens with one attached hydrogen (secondary N) is 1. The zero-order valence-corrected chi connectivity index (χ0v) is 14.1. The zero-order valence-electron chi connectivity index (χ0n) is 14.1. The summed E-state index contributed by atoms with van der Waals surface area (Å²) in [6.07, 6.45) is 6.17. The predicted molar refractivity (Wildman–Crippen MR) is 92.6 cm³/mol. The fourth-order valence-corrected chi connectivity index (χ4v) is 3.31. The van der Waals surface area contributed by atoms with Crippen molar-refractivity contribution in [3.8, 4) is 0 Å². The molecule has 1 aliphatic carbocycles. The van der Waals surface area contributed by atoms with E-state index in [4.69, 9.17) is 0 Å². The summed E-state index contributed by atoms with van der Waals surface area (Å²) in [7, 11) is 0. The van der Waals surface area contributed by atoms with E-state index in [9.17, 15) is 9.59 Å². The molecule has 0 aliphatic heterocycles. The van der Waals surface area contributed by atoms with E-state index in [2.05, 4.69) is 15.6 Å². The normalized spacial score (nSPS) is 16.9. The van der Waals surface area contributed by atoms with Crippen LogP contribution in [0, 0.1) is 5.92 Å². The van der Waals surface area contributed by atoms with Crippen molar-refractivity contribution >= 4 is 16.8 Å². The first kappa shape index (κ1) is 16.6. The van der Waals surface area contributed by atoms with Crippen LogP contribution < -0.4 is 10.9 Å². The van der Waals surface area contributed by atoms with Crippen molar-refractivity contribution in [3.05, 3.63) is 34.6 Å². The summed E-state index contributed by atoms with van der Waals surface area (Å²) in [5, 5.41) is 11.8. The quantitative estimate of drug-likeness (QED) is 0.913. The Kier molecular flexibility index (Phi) is 5.23. The SMILES string of the molecule is CC[C@@H](Cn1nnc2ccccc2c1=O)NC(=O)C1CCCCC1. The molecule has 0 unspecified atom stereocenters. The number of carbonyl (C=O) groups excluding carboxylic acids is 1. The highest BCUT2D eigenvalue weighted by molar-refractivity contribution is 5.79. The fourth-order valence-electron chi connectivity index (χ4n) is 3.31. The Morgan fingerprint density at radius 2 is 2.04 bits per heavy atom. The van der Waals surface area contributed by atoms with Crippen molar-refractivity contribution in [2.45, 2.75) is 58.0 Å². The lowest BCUT2D eigenvalue weighted by Crippen LogP contribution is -2.43. The second-order valence-electron chi connectivity index (χ2n) is 6.54. The number of aromatic nitrogens is 3. The number of amides is 1. The van der Waals surface area contributed by atoms with E-state index in [0.29, 0.717) is 17.4 Å². The molecule has 1 aliphatic rings. The van der Waals surface area contributed by atoms with Crippen LogP contribution in [0.3, 0.4) is 0 Å². The first-order valence-electron chi connectivity index (χ1n) is 8.82. The third kappa shape index (κ3) is 3.63. The van der Waals surface area contributed by atoms with Crippen LogP contribution in [0.1, 0.15) is 45.4 Å². The number of hydrogen-bond acceptors (Lipinski definition) is 4. The summed E-state index contributed by atoms with van der Waals surface area (Å²) in [5.74, 6) is 0.232. The Balaban J connectivity index is 1.72. The van der Waals surface area contributed by atoms with Gasteiger partial charge in [-0.05, 0) is 31.4 Å². The van der Waals surface area contributed by atoms with E-state index < -0.39 is 0 Å². The van der Waals surface area contributed by atoms with Crippen molar-refractivity contribution in [2.24, 2.45) is 5.92 Å². The topological polar surface area (TPSA) is 76.9 Å². The van der Waals surface area contributed by atoms with Crippen LogP contribution in [0.4, 0.5) is 0 Å². The first-order chi connectivity index (χ1) is 11.7. The lowest BCUT2D eigenvalue weighted by atomic mass is 9.88. The van der Waals surface area contributed by atoms with Gasteiger partial charge in [-0.15, -0.1) is 5.10 Å². The van der Waals surface area contributed by atoms with Gasteiger partial charge in [0.05, 0.1) is 11.9 Å². The zero-order chi connectivity index (χ0) is 16.9. The number of hydrogen-bond donors (Lipinski definition) is 1. The second-order valence-corrected chi connectivity index (χ2v) is 6.54. The van der Waals surface area contributed by atoms with E-state index in [1.54, 1.807) is 12.1 Å². The molecule has 1 N–H and O–H groups in total. The molecule has 128 valence electrons. The summed E-state index contributed by atoms with van der Waals surface area (Å²) >= 11 is 0. The van der Waals surface area contributed by atoms with Gasteiger partial charge in [0.1, 0.15) is 5.52 Å². The summed E-state index contributed by atoms with van der Waals surface area (Å²) in [4.78, 5) is 24.9. The van der Waals surface area contributed by atoms with Gasteiger partial charge < -0.3 is 5.32 Å². The van der Waals surface area contributed by atoms with Gasteiger partial charge in [-0.3, -0.25) is 9.59 Å². The molecule has 0 saturated heterocycles. The number of fused-ring (bicyclic) bond motifs is 1. The fraction of sp³-hybridized carbons (Fsp3) is 0.556. The van der Waals surface area contributed by atoms with Gasteiger partial charge >= 0.3 is 0 Å². The molecule has 1 saturated carbocycles. The Labute approximate surface area is 141 Å². The number of carbonyl (C=O) groups is 1. The third-order valence-electron chi connectivity index (χ3n) is 4.84. The molecule has 3 rings (SSSR count). The largest absolute Gasteiger partial charge is 0.351 e. The van der Waals surface area contributed by atoms with Gasteiger partial charge in [-0.2, -0.15) is 0 Å². The van der Waals surface area contributed by atoms with Gasteiger partial charge in [0.2, 0.25) is 5.91 Å². The van der Waals surface area contributed by atoms with Crippen LogP contribution in [0.5, 0.6) is 0 Å². The first-order valence-corrected chi connectivity index (χ1v) is 8.82. The van der Waals surface area contributed by atoms with Gasteiger partial charge in [0.15, 0.2) is 0 Å². The highest BCUT2D eigenvalue weighted by Crippen LogP contribution is 2.23. The monoisotopic (exact) mass is 328 g/mol. The predicted octanol–water partition coefficient (Wildman–Crippen LogP) is 2.27. The van der Waals surface area contributed by atoms with Crippen LogP contribution in [-0.2, 0) is 11.3 Å². The van der Waals surface area contributed by atoms with Crippen molar-refractivity contribution in [3.63, 3.8) is 0 Å². The average molecular weight is 328 g/mol. The molecule has 0 spiro atoms. The molecule has 1 fully saturated rings. The molecule has 1 aromatic heterocycles. The van der Waals surface area contributed by atoms with Gasteiger partial charge in [-0.1, -0.05) is 43.5 Å². The van der Waals surface area contributed by atoms with Crippen molar-refractivity contribution < 1.29 is 4.79 Å². The summed E-state index contributed by atoms with van der Waals surface area (Å²) < 4.78 is 1.36.